The summed E-state index contributed by atoms with van der Waals surface area (Å²) in [5, 5.41) is 0. The molecule has 5 heteroatoms. The molecule has 0 aliphatic rings. The van der Waals surface area contributed by atoms with E-state index in [1.54, 1.807) is 0 Å². The fourth-order valence-electron chi connectivity index (χ4n) is 2.52. The topological polar surface area (TPSA) is 27.3 Å². The van der Waals surface area contributed by atoms with Crippen LogP contribution in [0.25, 0.3) is 0 Å². The zero-order chi connectivity index (χ0) is 16.3. The molecule has 0 atom stereocenters. The molecule has 120 valence electrons. The minimum Gasteiger partial charge on any atom is -0.377 e. The molecule has 2 N–H and O–H groups in total. The highest BCUT2D eigenvalue weighted by Gasteiger charge is 2.25. The molecular formula is C16H33N3Si2. The summed E-state index contributed by atoms with van der Waals surface area (Å²) in [5.41, 5.74) is 2.72. The van der Waals surface area contributed by atoms with E-state index < -0.39 is 16.5 Å². The van der Waals surface area contributed by atoms with E-state index in [1.165, 1.54) is 11.3 Å². The molecule has 0 unspecified atom stereocenters. The normalized spacial score (nSPS) is 12.8. The van der Waals surface area contributed by atoms with Gasteiger partial charge in [-0.2, -0.15) is 0 Å². The first-order valence-electron chi connectivity index (χ1n) is 7.78. The SMILES string of the molecule is CN(C)c1ccccc1CC(N[Si](C)(C)C)N[Si](C)(C)C. The summed E-state index contributed by atoms with van der Waals surface area (Å²) in [6.45, 7) is 14.2. The fourth-order valence-corrected chi connectivity index (χ4v) is 5.11. The molecule has 1 aromatic carbocycles. The number of anilines is 1. The molecule has 0 amide bonds. The minimum atomic E-state index is -1.32. The summed E-state index contributed by atoms with van der Waals surface area (Å²) in [6, 6.07) is 8.71. The number of benzene rings is 1. The monoisotopic (exact) mass is 323 g/mol. The summed E-state index contributed by atoms with van der Waals surface area (Å²) < 4.78 is 0. The highest BCUT2D eigenvalue weighted by atomic mass is 28.3. The maximum atomic E-state index is 3.87. The summed E-state index contributed by atoms with van der Waals surface area (Å²) in [7, 11) is 1.59. The number of para-hydroxylation sites is 1. The maximum absolute atomic E-state index is 3.87. The van der Waals surface area contributed by atoms with E-state index in [0.717, 1.165) is 6.42 Å². The highest BCUT2D eigenvalue weighted by Crippen LogP contribution is 2.20. The van der Waals surface area contributed by atoms with Gasteiger partial charge in [-0.05, 0) is 11.6 Å². The molecule has 3 nitrogen and oxygen atoms in total. The number of nitrogens with one attached hydrogen (secondary N) is 2. The predicted molar refractivity (Wildman–Crippen MR) is 101 cm³/mol. The fraction of sp³-hybridized carbons (Fsp3) is 0.625. The molecule has 0 aliphatic carbocycles. The van der Waals surface area contributed by atoms with Gasteiger partial charge in [0, 0.05) is 32.4 Å². The van der Waals surface area contributed by atoms with Crippen LogP contribution in [-0.4, -0.2) is 36.7 Å². The van der Waals surface area contributed by atoms with E-state index in [1.807, 2.05) is 0 Å². The second-order valence-electron chi connectivity index (χ2n) is 8.07. The zero-order valence-corrected chi connectivity index (χ0v) is 17.0. The van der Waals surface area contributed by atoms with Crippen LogP contribution in [0.5, 0.6) is 0 Å². The Balaban J connectivity index is 2.95. The third kappa shape index (κ3) is 7.26. The van der Waals surface area contributed by atoms with Crippen molar-refractivity contribution in [2.45, 2.75) is 51.9 Å². The molecule has 0 saturated heterocycles. The van der Waals surface area contributed by atoms with Crippen molar-refractivity contribution in [1.29, 1.82) is 0 Å². The molecule has 0 aromatic heterocycles. The Morgan fingerprint density at radius 1 is 0.905 bits per heavy atom. The molecule has 21 heavy (non-hydrogen) atoms. The highest BCUT2D eigenvalue weighted by molar-refractivity contribution is 6.75. The van der Waals surface area contributed by atoms with Crippen molar-refractivity contribution < 1.29 is 0 Å². The summed E-state index contributed by atoms with van der Waals surface area (Å²) >= 11 is 0. The van der Waals surface area contributed by atoms with Crippen molar-refractivity contribution in [3.8, 4) is 0 Å². The largest absolute Gasteiger partial charge is 0.377 e. The first kappa shape index (κ1) is 18.4. The Bertz CT molecular complexity index is 432. The molecule has 0 saturated carbocycles. The summed E-state index contributed by atoms with van der Waals surface area (Å²) in [4.78, 5) is 9.95. The molecule has 1 rings (SSSR count). The first-order valence-corrected chi connectivity index (χ1v) is 14.8. The van der Waals surface area contributed by atoms with E-state index in [9.17, 15) is 0 Å². The molecular weight excluding hydrogens is 290 g/mol. The van der Waals surface area contributed by atoms with E-state index in [4.69, 9.17) is 0 Å². The van der Waals surface area contributed by atoms with Crippen LogP contribution in [0.15, 0.2) is 24.3 Å². The van der Waals surface area contributed by atoms with Crippen LogP contribution in [0.2, 0.25) is 39.3 Å². The molecule has 0 radical (unpaired) electrons. The number of nitrogens with zero attached hydrogens (tertiary/aromatic N) is 1. The van der Waals surface area contributed by atoms with Gasteiger partial charge in [0.25, 0.3) is 0 Å². The Kier molecular flexibility index (Phi) is 6.22. The standard InChI is InChI=1S/C16H33N3Si2/c1-19(2)15-12-10-9-11-14(15)13-16(17-20(3,4)5)18-21(6,7)8/h9-12,16-18H,13H2,1-8H3. The van der Waals surface area contributed by atoms with Crippen molar-refractivity contribution in [1.82, 2.24) is 9.96 Å². The lowest BCUT2D eigenvalue weighted by molar-refractivity contribution is 0.571. The van der Waals surface area contributed by atoms with Gasteiger partial charge in [-0.1, -0.05) is 57.5 Å². The van der Waals surface area contributed by atoms with Crippen LogP contribution in [0.3, 0.4) is 0 Å². The van der Waals surface area contributed by atoms with E-state index in [-0.39, 0.29) is 0 Å². The van der Waals surface area contributed by atoms with Crippen molar-refractivity contribution in [2.24, 2.45) is 0 Å². The Hall–Kier alpha value is -0.626. The number of rotatable bonds is 7. The average Bonchev–Trinajstić information content (AvgIpc) is 2.24. The van der Waals surface area contributed by atoms with Crippen molar-refractivity contribution in [3.05, 3.63) is 29.8 Å². The molecule has 0 heterocycles. The summed E-state index contributed by atoms with van der Waals surface area (Å²) in [6.07, 6.45) is 1.40. The maximum Gasteiger partial charge on any atom is 0.117 e. The van der Waals surface area contributed by atoms with Gasteiger partial charge in [-0.3, -0.25) is 0 Å². The van der Waals surface area contributed by atoms with Crippen molar-refractivity contribution >= 4 is 22.2 Å². The summed E-state index contributed by atoms with van der Waals surface area (Å²) in [5.74, 6) is 0. The number of hydrogen-bond donors (Lipinski definition) is 2. The Morgan fingerprint density at radius 2 is 1.38 bits per heavy atom. The first-order chi connectivity index (χ1) is 9.48. The van der Waals surface area contributed by atoms with Gasteiger partial charge >= 0.3 is 0 Å². The van der Waals surface area contributed by atoms with Crippen LogP contribution in [0.4, 0.5) is 5.69 Å². The van der Waals surface area contributed by atoms with Crippen LogP contribution < -0.4 is 14.9 Å². The van der Waals surface area contributed by atoms with Gasteiger partial charge in [-0.25, -0.2) is 0 Å². The van der Waals surface area contributed by atoms with Gasteiger partial charge in [0.1, 0.15) is 16.5 Å². The smallest absolute Gasteiger partial charge is 0.117 e. The molecule has 0 bridgehead atoms. The van der Waals surface area contributed by atoms with Crippen molar-refractivity contribution in [3.63, 3.8) is 0 Å². The number of hydrogen-bond acceptors (Lipinski definition) is 3. The van der Waals surface area contributed by atoms with Crippen LogP contribution in [-0.2, 0) is 6.42 Å². The van der Waals surface area contributed by atoms with E-state index in [0.29, 0.717) is 6.17 Å². The van der Waals surface area contributed by atoms with Gasteiger partial charge in [0.2, 0.25) is 0 Å². The van der Waals surface area contributed by atoms with Gasteiger partial charge in [0.15, 0.2) is 0 Å². The van der Waals surface area contributed by atoms with E-state index >= 15 is 0 Å². The van der Waals surface area contributed by atoms with Crippen LogP contribution >= 0.6 is 0 Å². The second-order valence-corrected chi connectivity index (χ2v) is 17.6. The minimum absolute atomic E-state index is 0.365. The average molecular weight is 324 g/mol. The lowest BCUT2D eigenvalue weighted by Gasteiger charge is -2.34. The Morgan fingerprint density at radius 3 is 1.81 bits per heavy atom. The quantitative estimate of drug-likeness (QED) is 0.594. The molecule has 0 aliphatic heterocycles. The lowest BCUT2D eigenvalue weighted by atomic mass is 10.1. The van der Waals surface area contributed by atoms with Gasteiger partial charge in [-0.15, -0.1) is 0 Å². The van der Waals surface area contributed by atoms with Gasteiger partial charge in [0.05, 0.1) is 0 Å². The third-order valence-electron chi connectivity index (χ3n) is 3.11. The third-order valence-corrected chi connectivity index (χ3v) is 5.54. The van der Waals surface area contributed by atoms with E-state index in [2.05, 4.69) is 92.5 Å². The molecule has 0 spiro atoms. The Labute approximate surface area is 133 Å². The van der Waals surface area contributed by atoms with Gasteiger partial charge < -0.3 is 14.9 Å². The van der Waals surface area contributed by atoms with Crippen molar-refractivity contribution in [2.75, 3.05) is 19.0 Å². The predicted octanol–water partition coefficient (Wildman–Crippen LogP) is 3.47. The second kappa shape index (κ2) is 7.09. The van der Waals surface area contributed by atoms with Crippen LogP contribution in [0.1, 0.15) is 5.56 Å². The molecule has 1 aromatic rings. The lowest BCUT2D eigenvalue weighted by Crippen LogP contribution is -2.61. The zero-order valence-electron chi connectivity index (χ0n) is 15.0. The van der Waals surface area contributed by atoms with Crippen LogP contribution in [0, 0.1) is 0 Å². The molecule has 0 fully saturated rings.